The number of hydrogen-bond acceptors (Lipinski definition) is 6. The fourth-order valence-corrected chi connectivity index (χ4v) is 5.30. The van der Waals surface area contributed by atoms with Crippen LogP contribution in [0.2, 0.25) is 0 Å². The van der Waals surface area contributed by atoms with Crippen molar-refractivity contribution in [1.82, 2.24) is 30.0 Å². The van der Waals surface area contributed by atoms with Crippen LogP contribution in [0.4, 0.5) is 0 Å². The van der Waals surface area contributed by atoms with Crippen molar-refractivity contribution in [2.45, 2.75) is 32.2 Å². The average molecular weight is 423 g/mol. The van der Waals surface area contributed by atoms with E-state index in [4.69, 9.17) is 4.98 Å². The van der Waals surface area contributed by atoms with Gasteiger partial charge in [-0.1, -0.05) is 44.2 Å². The summed E-state index contributed by atoms with van der Waals surface area (Å²) in [5.41, 5.74) is 3.58. The van der Waals surface area contributed by atoms with E-state index in [2.05, 4.69) is 58.2 Å². The van der Waals surface area contributed by atoms with E-state index in [-0.39, 0.29) is 23.2 Å². The molecule has 156 valence electrons. The molecule has 2 aromatic heterocycles. The molecule has 1 amide bonds. The van der Waals surface area contributed by atoms with Crippen molar-refractivity contribution in [2.75, 3.05) is 26.2 Å². The first-order valence-electron chi connectivity index (χ1n) is 10.4. The molecule has 2 saturated heterocycles. The number of nitrogens with zero attached hydrogens (tertiary/aromatic N) is 5. The van der Waals surface area contributed by atoms with E-state index in [1.807, 2.05) is 16.3 Å². The van der Waals surface area contributed by atoms with Gasteiger partial charge in [-0.15, -0.1) is 11.3 Å². The summed E-state index contributed by atoms with van der Waals surface area (Å²) in [5, 5.41) is 9.48. The van der Waals surface area contributed by atoms with Crippen LogP contribution in [0.15, 0.2) is 41.2 Å². The number of carbonyl (C=O) groups is 1. The Balaban J connectivity index is 1.37. The highest BCUT2D eigenvalue weighted by molar-refractivity contribution is 7.07. The molecule has 2 aliphatic heterocycles. The number of hydrogen-bond donors (Lipinski definition) is 1. The van der Waals surface area contributed by atoms with E-state index in [1.165, 1.54) is 16.9 Å². The fraction of sp³-hybridized carbons (Fsp3) is 0.455. The third-order valence-corrected chi connectivity index (χ3v) is 6.87. The lowest BCUT2D eigenvalue weighted by atomic mass is 9.71. The van der Waals surface area contributed by atoms with Crippen molar-refractivity contribution in [1.29, 1.82) is 0 Å². The van der Waals surface area contributed by atoms with Gasteiger partial charge < -0.3 is 4.90 Å². The van der Waals surface area contributed by atoms with Gasteiger partial charge in [-0.25, -0.2) is 9.97 Å². The number of benzene rings is 1. The lowest BCUT2D eigenvalue weighted by Gasteiger charge is -2.50. The van der Waals surface area contributed by atoms with E-state index in [0.29, 0.717) is 5.69 Å². The molecule has 0 saturated carbocycles. The van der Waals surface area contributed by atoms with Gasteiger partial charge in [0.2, 0.25) is 0 Å². The van der Waals surface area contributed by atoms with Gasteiger partial charge in [0.15, 0.2) is 5.82 Å². The highest BCUT2D eigenvalue weighted by Crippen LogP contribution is 2.49. The van der Waals surface area contributed by atoms with Gasteiger partial charge in [-0.3, -0.25) is 14.8 Å². The predicted molar refractivity (Wildman–Crippen MR) is 115 cm³/mol. The van der Waals surface area contributed by atoms with Gasteiger partial charge in [0.25, 0.3) is 5.91 Å². The minimum atomic E-state index is 0.00818. The van der Waals surface area contributed by atoms with Crippen molar-refractivity contribution in [3.8, 4) is 0 Å². The molecule has 1 spiro atoms. The topological polar surface area (TPSA) is 78.0 Å². The van der Waals surface area contributed by atoms with Crippen molar-refractivity contribution >= 4 is 17.2 Å². The van der Waals surface area contributed by atoms with Crippen LogP contribution in [0.1, 0.15) is 53.4 Å². The Bertz CT molecular complexity index is 1010. The summed E-state index contributed by atoms with van der Waals surface area (Å²) in [7, 11) is 0. The van der Waals surface area contributed by atoms with Crippen LogP contribution in [0.25, 0.3) is 0 Å². The molecular weight excluding hydrogens is 396 g/mol. The molecule has 4 heterocycles. The lowest BCUT2D eigenvalue weighted by molar-refractivity contribution is 0.00142. The Morgan fingerprint density at radius 1 is 1.27 bits per heavy atom. The zero-order chi connectivity index (χ0) is 20.7. The maximum absolute atomic E-state index is 12.8. The third kappa shape index (κ3) is 3.44. The standard InChI is InChI=1S/C22H26N6OS/c1-15(2)19-24-20(26-25-19)17-9-27(8-16-6-4-3-5-7-16)11-22(17)12-28(13-22)21(29)18-10-30-14-23-18/h3-7,10,14-15,17H,8-9,11-13H2,1-2H3,(H,24,25,26). The molecule has 0 bridgehead atoms. The zero-order valence-corrected chi connectivity index (χ0v) is 18.1. The van der Waals surface area contributed by atoms with Crippen LogP contribution in [0.3, 0.4) is 0 Å². The number of carbonyl (C=O) groups excluding carboxylic acids is 1. The minimum absolute atomic E-state index is 0.00818. The zero-order valence-electron chi connectivity index (χ0n) is 17.3. The van der Waals surface area contributed by atoms with Gasteiger partial charge in [-0.05, 0) is 5.56 Å². The second-order valence-electron chi connectivity index (χ2n) is 8.84. The van der Waals surface area contributed by atoms with Gasteiger partial charge in [0.1, 0.15) is 11.5 Å². The van der Waals surface area contributed by atoms with Crippen LogP contribution in [0.5, 0.6) is 0 Å². The molecule has 2 aliphatic rings. The van der Waals surface area contributed by atoms with E-state index in [9.17, 15) is 4.79 Å². The summed E-state index contributed by atoms with van der Waals surface area (Å²) >= 11 is 1.46. The number of aromatic nitrogens is 4. The van der Waals surface area contributed by atoms with Gasteiger partial charge in [0.05, 0.1) is 5.51 Å². The van der Waals surface area contributed by atoms with E-state index in [1.54, 1.807) is 5.51 Å². The molecule has 8 heteroatoms. The van der Waals surface area contributed by atoms with Crippen LogP contribution in [-0.2, 0) is 6.54 Å². The first kappa shape index (κ1) is 19.4. The highest BCUT2D eigenvalue weighted by atomic mass is 32.1. The average Bonchev–Trinajstić information content (AvgIpc) is 3.46. The fourth-order valence-electron chi connectivity index (χ4n) is 4.77. The normalized spacial score (nSPS) is 20.8. The Morgan fingerprint density at radius 3 is 2.73 bits per heavy atom. The van der Waals surface area contributed by atoms with Crippen LogP contribution in [0, 0.1) is 5.41 Å². The summed E-state index contributed by atoms with van der Waals surface area (Å²) in [4.78, 5) is 26.2. The number of thiazole rings is 1. The Kier molecular flexibility index (Phi) is 4.91. The predicted octanol–water partition coefficient (Wildman–Crippen LogP) is 3.13. The molecule has 0 aliphatic carbocycles. The molecule has 1 N–H and O–H groups in total. The molecule has 7 nitrogen and oxygen atoms in total. The Hall–Kier alpha value is -2.58. The Morgan fingerprint density at radius 2 is 2.07 bits per heavy atom. The van der Waals surface area contributed by atoms with Gasteiger partial charge >= 0.3 is 0 Å². The van der Waals surface area contributed by atoms with E-state index < -0.39 is 0 Å². The van der Waals surface area contributed by atoms with Crippen molar-refractivity contribution in [3.05, 3.63) is 64.1 Å². The summed E-state index contributed by atoms with van der Waals surface area (Å²) in [5.74, 6) is 2.37. The second kappa shape index (κ2) is 7.59. The first-order chi connectivity index (χ1) is 14.5. The largest absolute Gasteiger partial charge is 0.336 e. The number of rotatable bonds is 5. The number of H-pyrrole nitrogens is 1. The van der Waals surface area contributed by atoms with Crippen molar-refractivity contribution in [2.24, 2.45) is 5.41 Å². The Labute approximate surface area is 180 Å². The molecule has 1 unspecified atom stereocenters. The highest BCUT2D eigenvalue weighted by Gasteiger charge is 2.57. The number of nitrogens with one attached hydrogen (secondary N) is 1. The van der Waals surface area contributed by atoms with Crippen LogP contribution in [-0.4, -0.2) is 62.1 Å². The molecule has 3 aromatic rings. The maximum atomic E-state index is 12.8. The molecule has 0 radical (unpaired) electrons. The quantitative estimate of drug-likeness (QED) is 0.684. The molecular formula is C22H26N6OS. The second-order valence-corrected chi connectivity index (χ2v) is 9.56. The van der Waals surface area contributed by atoms with E-state index >= 15 is 0 Å². The summed E-state index contributed by atoms with van der Waals surface area (Å²) < 4.78 is 0. The van der Waals surface area contributed by atoms with Crippen molar-refractivity contribution < 1.29 is 4.79 Å². The van der Waals surface area contributed by atoms with Gasteiger partial charge in [0, 0.05) is 55.4 Å². The maximum Gasteiger partial charge on any atom is 0.273 e. The molecule has 1 atom stereocenters. The number of amides is 1. The molecule has 30 heavy (non-hydrogen) atoms. The first-order valence-corrected chi connectivity index (χ1v) is 11.3. The van der Waals surface area contributed by atoms with Crippen LogP contribution < -0.4 is 0 Å². The SMILES string of the molecule is CC(C)c1n[nH]c(C2CN(Cc3ccccc3)CC23CN(C(=O)c2cscn2)C3)n1. The monoisotopic (exact) mass is 422 g/mol. The minimum Gasteiger partial charge on any atom is -0.336 e. The summed E-state index contributed by atoms with van der Waals surface area (Å²) in [6.45, 7) is 8.46. The summed E-state index contributed by atoms with van der Waals surface area (Å²) in [6.07, 6.45) is 0. The molecule has 2 fully saturated rings. The number of likely N-dealkylation sites (tertiary alicyclic amines) is 2. The molecule has 1 aromatic carbocycles. The lowest BCUT2D eigenvalue weighted by Crippen LogP contribution is -2.61. The number of aromatic amines is 1. The van der Waals surface area contributed by atoms with Crippen LogP contribution >= 0.6 is 11.3 Å². The van der Waals surface area contributed by atoms with Gasteiger partial charge in [-0.2, -0.15) is 5.10 Å². The third-order valence-electron chi connectivity index (χ3n) is 6.28. The van der Waals surface area contributed by atoms with E-state index in [0.717, 1.165) is 44.4 Å². The molecule has 5 rings (SSSR count). The van der Waals surface area contributed by atoms with Crippen molar-refractivity contribution in [3.63, 3.8) is 0 Å². The smallest absolute Gasteiger partial charge is 0.273 e. The summed E-state index contributed by atoms with van der Waals surface area (Å²) in [6, 6.07) is 10.6.